The Hall–Kier alpha value is -1.37. The smallest absolute Gasteiger partial charge is 0.240 e. The summed E-state index contributed by atoms with van der Waals surface area (Å²) in [6.45, 7) is 2.21. The monoisotopic (exact) mass is 296 g/mol. The Morgan fingerprint density at radius 2 is 2.11 bits per heavy atom. The van der Waals surface area contributed by atoms with E-state index in [4.69, 9.17) is 5.73 Å². The van der Waals surface area contributed by atoms with Crippen LogP contribution in [0, 0.1) is 6.92 Å². The fourth-order valence-corrected chi connectivity index (χ4v) is 3.66. The fraction of sp³-hybridized carbons (Fsp3) is 0.231. The standard InChI is InChI=1S/C13H16N2O2S2/c1-10-7-11(14)9-13(8-10)19(16,17)15-5-4-12-3-2-6-18-12/h2-3,6-9,15H,4-5,14H2,1H3. The molecule has 1 aromatic heterocycles. The van der Waals surface area contributed by atoms with Crippen LogP contribution in [-0.2, 0) is 16.4 Å². The van der Waals surface area contributed by atoms with E-state index in [0.29, 0.717) is 18.7 Å². The summed E-state index contributed by atoms with van der Waals surface area (Å²) in [4.78, 5) is 1.38. The van der Waals surface area contributed by atoms with Gasteiger partial charge in [-0.15, -0.1) is 11.3 Å². The molecule has 3 N–H and O–H groups in total. The van der Waals surface area contributed by atoms with E-state index in [2.05, 4.69) is 4.72 Å². The van der Waals surface area contributed by atoms with Crippen LogP contribution in [0.25, 0.3) is 0 Å². The normalized spacial score (nSPS) is 11.6. The number of nitrogen functional groups attached to an aromatic ring is 1. The van der Waals surface area contributed by atoms with E-state index in [1.807, 2.05) is 24.4 Å². The average Bonchev–Trinajstić information content (AvgIpc) is 2.80. The van der Waals surface area contributed by atoms with E-state index in [-0.39, 0.29) is 4.90 Å². The molecule has 0 unspecified atom stereocenters. The molecule has 6 heteroatoms. The zero-order valence-corrected chi connectivity index (χ0v) is 12.2. The maximum Gasteiger partial charge on any atom is 0.240 e. The van der Waals surface area contributed by atoms with E-state index < -0.39 is 10.0 Å². The molecule has 0 atom stereocenters. The molecule has 0 aliphatic carbocycles. The zero-order valence-electron chi connectivity index (χ0n) is 10.6. The van der Waals surface area contributed by atoms with Crippen LogP contribution in [0.2, 0.25) is 0 Å². The first-order valence-corrected chi connectivity index (χ1v) is 8.23. The number of aryl methyl sites for hydroxylation is 1. The van der Waals surface area contributed by atoms with Crippen molar-refractivity contribution in [2.45, 2.75) is 18.2 Å². The summed E-state index contributed by atoms with van der Waals surface area (Å²) in [5, 5.41) is 1.98. The maximum atomic E-state index is 12.1. The van der Waals surface area contributed by atoms with E-state index >= 15 is 0 Å². The Balaban J connectivity index is 2.05. The number of hydrogen-bond donors (Lipinski definition) is 2. The van der Waals surface area contributed by atoms with Crippen molar-refractivity contribution >= 4 is 27.0 Å². The molecule has 4 nitrogen and oxygen atoms in total. The van der Waals surface area contributed by atoms with E-state index in [1.165, 1.54) is 6.07 Å². The minimum absolute atomic E-state index is 0.219. The Morgan fingerprint density at radius 1 is 1.32 bits per heavy atom. The molecule has 0 saturated heterocycles. The van der Waals surface area contributed by atoms with Crippen LogP contribution in [-0.4, -0.2) is 15.0 Å². The maximum absolute atomic E-state index is 12.1. The number of benzene rings is 1. The average molecular weight is 296 g/mol. The highest BCUT2D eigenvalue weighted by Gasteiger charge is 2.14. The lowest BCUT2D eigenvalue weighted by atomic mass is 10.2. The second kappa shape index (κ2) is 5.73. The van der Waals surface area contributed by atoms with Crippen LogP contribution in [0.3, 0.4) is 0 Å². The lowest BCUT2D eigenvalue weighted by Crippen LogP contribution is -2.26. The molecular weight excluding hydrogens is 280 g/mol. The number of rotatable bonds is 5. The van der Waals surface area contributed by atoms with Gasteiger partial charge < -0.3 is 5.73 Å². The second-order valence-electron chi connectivity index (χ2n) is 4.31. The zero-order chi connectivity index (χ0) is 13.9. The fourth-order valence-electron chi connectivity index (χ4n) is 1.78. The van der Waals surface area contributed by atoms with Crippen molar-refractivity contribution in [2.75, 3.05) is 12.3 Å². The number of anilines is 1. The first-order valence-electron chi connectivity index (χ1n) is 5.86. The predicted octanol–water partition coefficient (Wildman–Crippen LogP) is 2.16. The van der Waals surface area contributed by atoms with Gasteiger partial charge in [0.2, 0.25) is 10.0 Å². The molecule has 1 aromatic carbocycles. The lowest BCUT2D eigenvalue weighted by molar-refractivity contribution is 0.582. The SMILES string of the molecule is Cc1cc(N)cc(S(=O)(=O)NCCc2cccs2)c1. The molecule has 2 rings (SSSR count). The van der Waals surface area contributed by atoms with Crippen molar-refractivity contribution in [3.05, 3.63) is 46.2 Å². The summed E-state index contributed by atoms with van der Waals surface area (Å²) in [6, 6.07) is 8.77. The minimum atomic E-state index is -3.48. The molecule has 0 aliphatic rings. The molecular formula is C13H16N2O2S2. The van der Waals surface area contributed by atoms with Gasteiger partial charge in [-0.1, -0.05) is 6.07 Å². The van der Waals surface area contributed by atoms with Crippen LogP contribution >= 0.6 is 11.3 Å². The number of nitrogens with one attached hydrogen (secondary N) is 1. The van der Waals surface area contributed by atoms with Crippen molar-refractivity contribution < 1.29 is 8.42 Å². The summed E-state index contributed by atoms with van der Waals surface area (Å²) in [5.74, 6) is 0. The lowest BCUT2D eigenvalue weighted by Gasteiger charge is -2.08. The molecule has 0 saturated carbocycles. The largest absolute Gasteiger partial charge is 0.399 e. The summed E-state index contributed by atoms with van der Waals surface area (Å²) in [5.41, 5.74) is 6.96. The first-order chi connectivity index (χ1) is 8.97. The van der Waals surface area contributed by atoms with E-state index in [0.717, 1.165) is 10.4 Å². The van der Waals surface area contributed by atoms with Gasteiger partial charge in [0.1, 0.15) is 0 Å². The van der Waals surface area contributed by atoms with Gasteiger partial charge in [0, 0.05) is 17.1 Å². The van der Waals surface area contributed by atoms with Crippen LogP contribution in [0.1, 0.15) is 10.4 Å². The summed E-state index contributed by atoms with van der Waals surface area (Å²) < 4.78 is 26.8. The Bertz CT molecular complexity index is 629. The predicted molar refractivity (Wildman–Crippen MR) is 78.8 cm³/mol. The molecule has 19 heavy (non-hydrogen) atoms. The quantitative estimate of drug-likeness (QED) is 0.831. The second-order valence-corrected chi connectivity index (χ2v) is 7.11. The Morgan fingerprint density at radius 3 is 2.74 bits per heavy atom. The van der Waals surface area contributed by atoms with Crippen LogP contribution in [0.15, 0.2) is 40.6 Å². The van der Waals surface area contributed by atoms with Crippen LogP contribution < -0.4 is 10.5 Å². The van der Waals surface area contributed by atoms with Gasteiger partial charge in [-0.3, -0.25) is 0 Å². The van der Waals surface area contributed by atoms with Gasteiger partial charge in [-0.05, 0) is 48.6 Å². The van der Waals surface area contributed by atoms with Crippen molar-refractivity contribution in [3.63, 3.8) is 0 Å². The molecule has 102 valence electrons. The third-order valence-electron chi connectivity index (χ3n) is 2.63. The summed E-state index contributed by atoms with van der Waals surface area (Å²) in [6.07, 6.45) is 0.693. The highest BCUT2D eigenvalue weighted by atomic mass is 32.2. The number of nitrogens with two attached hydrogens (primary N) is 1. The topological polar surface area (TPSA) is 72.2 Å². The molecule has 1 heterocycles. The van der Waals surface area contributed by atoms with E-state index in [1.54, 1.807) is 23.5 Å². The molecule has 0 spiro atoms. The highest BCUT2D eigenvalue weighted by Crippen LogP contribution is 2.16. The third-order valence-corrected chi connectivity index (χ3v) is 5.00. The van der Waals surface area contributed by atoms with Gasteiger partial charge in [-0.2, -0.15) is 0 Å². The highest BCUT2D eigenvalue weighted by molar-refractivity contribution is 7.89. The van der Waals surface area contributed by atoms with Crippen LogP contribution in [0.4, 0.5) is 5.69 Å². The van der Waals surface area contributed by atoms with Crippen LogP contribution in [0.5, 0.6) is 0 Å². The first kappa shape index (κ1) is 14.0. The van der Waals surface area contributed by atoms with Crippen molar-refractivity contribution in [2.24, 2.45) is 0 Å². The van der Waals surface area contributed by atoms with Gasteiger partial charge in [0.15, 0.2) is 0 Å². The van der Waals surface area contributed by atoms with Crippen molar-refractivity contribution in [1.82, 2.24) is 4.72 Å². The molecule has 0 bridgehead atoms. The van der Waals surface area contributed by atoms with Gasteiger partial charge in [0.25, 0.3) is 0 Å². The van der Waals surface area contributed by atoms with Crippen molar-refractivity contribution in [3.8, 4) is 0 Å². The Kier molecular flexibility index (Phi) is 4.24. The molecule has 0 aliphatic heterocycles. The molecule has 2 aromatic rings. The molecule has 0 radical (unpaired) electrons. The minimum Gasteiger partial charge on any atom is -0.399 e. The Labute approximate surface area is 117 Å². The molecule has 0 fully saturated rings. The third kappa shape index (κ3) is 3.79. The molecule has 0 amide bonds. The van der Waals surface area contributed by atoms with Gasteiger partial charge in [0.05, 0.1) is 4.90 Å². The van der Waals surface area contributed by atoms with Gasteiger partial charge in [-0.25, -0.2) is 13.1 Å². The van der Waals surface area contributed by atoms with E-state index in [9.17, 15) is 8.42 Å². The summed E-state index contributed by atoms with van der Waals surface area (Å²) in [7, 11) is -3.48. The van der Waals surface area contributed by atoms with Crippen molar-refractivity contribution in [1.29, 1.82) is 0 Å². The number of sulfonamides is 1. The number of thiophene rings is 1. The summed E-state index contributed by atoms with van der Waals surface area (Å²) >= 11 is 1.62. The van der Waals surface area contributed by atoms with Gasteiger partial charge >= 0.3 is 0 Å². The number of hydrogen-bond acceptors (Lipinski definition) is 4.